The summed E-state index contributed by atoms with van der Waals surface area (Å²) in [6, 6.07) is 4.66. The SMILES string of the molecule is C=CCN(CCC)C(=O)[C@H]1[C@H]2C(=O)N([C@@H](CO)[C@@H](C)CC)C(C(=O)N(CC=C)c3cc(C)ccc3C)C23CC(Br)[C@@H]1S3. The highest BCUT2D eigenvalue weighted by Crippen LogP contribution is 2.68. The first-order valence-electron chi connectivity index (χ1n) is 15.2. The predicted molar refractivity (Wildman–Crippen MR) is 175 cm³/mol. The van der Waals surface area contributed by atoms with Gasteiger partial charge in [0.1, 0.15) is 6.04 Å². The number of rotatable bonds is 13. The lowest BCUT2D eigenvalue weighted by molar-refractivity contribution is -0.146. The zero-order valence-corrected chi connectivity index (χ0v) is 28.0. The molecule has 42 heavy (non-hydrogen) atoms. The Hall–Kier alpha value is -2.10. The van der Waals surface area contributed by atoms with Crippen LogP contribution < -0.4 is 4.90 Å². The van der Waals surface area contributed by atoms with Crippen LogP contribution in [0.4, 0.5) is 5.69 Å². The van der Waals surface area contributed by atoms with Gasteiger partial charge >= 0.3 is 0 Å². The second-order valence-corrected chi connectivity index (χ2v) is 14.9. The molecule has 0 radical (unpaired) electrons. The quantitative estimate of drug-likeness (QED) is 0.235. The molecule has 7 nitrogen and oxygen atoms in total. The largest absolute Gasteiger partial charge is 0.394 e. The molecule has 9 heteroatoms. The summed E-state index contributed by atoms with van der Waals surface area (Å²) in [6.45, 7) is 18.9. The molecular weight excluding hydrogens is 614 g/mol. The van der Waals surface area contributed by atoms with E-state index in [9.17, 15) is 19.5 Å². The van der Waals surface area contributed by atoms with Crippen LogP contribution in [0.2, 0.25) is 0 Å². The van der Waals surface area contributed by atoms with Crippen LogP contribution in [0.5, 0.6) is 0 Å². The number of benzene rings is 1. The molecule has 1 spiro atoms. The third kappa shape index (κ3) is 5.38. The van der Waals surface area contributed by atoms with Gasteiger partial charge in [-0.1, -0.05) is 67.4 Å². The Morgan fingerprint density at radius 3 is 2.50 bits per heavy atom. The van der Waals surface area contributed by atoms with E-state index in [2.05, 4.69) is 29.1 Å². The molecule has 4 rings (SSSR count). The molecule has 8 atom stereocenters. The van der Waals surface area contributed by atoms with Crippen molar-refractivity contribution >= 4 is 51.1 Å². The summed E-state index contributed by atoms with van der Waals surface area (Å²) in [5.74, 6) is -1.65. The van der Waals surface area contributed by atoms with Crippen LogP contribution in [0.3, 0.4) is 0 Å². The first-order valence-corrected chi connectivity index (χ1v) is 17.0. The van der Waals surface area contributed by atoms with Crippen LogP contribution in [-0.2, 0) is 14.4 Å². The summed E-state index contributed by atoms with van der Waals surface area (Å²) in [5, 5.41) is 10.6. The molecular formula is C33H46BrN3O4S. The first kappa shape index (κ1) is 32.8. The van der Waals surface area contributed by atoms with Gasteiger partial charge in [0.25, 0.3) is 5.91 Å². The molecule has 3 aliphatic heterocycles. The summed E-state index contributed by atoms with van der Waals surface area (Å²) < 4.78 is -0.794. The topological polar surface area (TPSA) is 81.2 Å². The predicted octanol–water partition coefficient (Wildman–Crippen LogP) is 5.12. The van der Waals surface area contributed by atoms with Gasteiger partial charge in [-0.2, -0.15) is 0 Å². The third-order valence-electron chi connectivity index (χ3n) is 9.48. The molecule has 3 unspecified atom stereocenters. The maximum Gasteiger partial charge on any atom is 0.251 e. The summed E-state index contributed by atoms with van der Waals surface area (Å²) >= 11 is 5.52. The smallest absolute Gasteiger partial charge is 0.251 e. The fourth-order valence-corrected chi connectivity index (χ4v) is 10.9. The number of alkyl halides is 1. The summed E-state index contributed by atoms with van der Waals surface area (Å²) in [7, 11) is 0. The summed E-state index contributed by atoms with van der Waals surface area (Å²) in [4.78, 5) is 49.1. The van der Waals surface area contributed by atoms with Gasteiger partial charge in [-0.25, -0.2) is 0 Å². The Labute approximate surface area is 263 Å². The van der Waals surface area contributed by atoms with E-state index in [-0.39, 0.29) is 46.9 Å². The molecule has 2 bridgehead atoms. The highest BCUT2D eigenvalue weighted by atomic mass is 79.9. The number of amides is 3. The minimum absolute atomic E-state index is 0.0207. The van der Waals surface area contributed by atoms with E-state index in [1.54, 1.807) is 38.6 Å². The van der Waals surface area contributed by atoms with Gasteiger partial charge in [0.15, 0.2) is 0 Å². The average molecular weight is 661 g/mol. The molecule has 3 fully saturated rings. The van der Waals surface area contributed by atoms with Crippen LogP contribution >= 0.6 is 27.7 Å². The maximum absolute atomic E-state index is 15.0. The molecule has 3 aliphatic rings. The lowest BCUT2D eigenvalue weighted by atomic mass is 9.70. The second-order valence-electron chi connectivity index (χ2n) is 12.1. The van der Waals surface area contributed by atoms with Crippen molar-refractivity contribution in [1.82, 2.24) is 9.80 Å². The van der Waals surface area contributed by atoms with Crippen molar-refractivity contribution in [2.75, 3.05) is 31.1 Å². The fraction of sp³-hybridized carbons (Fsp3) is 0.606. The molecule has 1 N–H and O–H groups in total. The molecule has 0 saturated carbocycles. The van der Waals surface area contributed by atoms with E-state index < -0.39 is 28.7 Å². The van der Waals surface area contributed by atoms with Crippen molar-refractivity contribution in [3.63, 3.8) is 0 Å². The monoisotopic (exact) mass is 659 g/mol. The second kappa shape index (κ2) is 13.3. The van der Waals surface area contributed by atoms with E-state index in [1.165, 1.54) is 0 Å². The van der Waals surface area contributed by atoms with Gasteiger partial charge < -0.3 is 19.8 Å². The molecule has 3 saturated heterocycles. The van der Waals surface area contributed by atoms with Gasteiger partial charge in [-0.3, -0.25) is 14.4 Å². The van der Waals surface area contributed by atoms with Gasteiger partial charge in [0.05, 0.1) is 29.2 Å². The number of hydrogen-bond acceptors (Lipinski definition) is 5. The third-order valence-corrected chi connectivity index (χ3v) is 12.7. The first-order chi connectivity index (χ1) is 20.0. The lowest BCUT2D eigenvalue weighted by Gasteiger charge is -2.41. The van der Waals surface area contributed by atoms with E-state index >= 15 is 0 Å². The van der Waals surface area contributed by atoms with Gasteiger partial charge in [0, 0.05) is 35.4 Å². The Balaban J connectivity index is 1.89. The lowest BCUT2D eigenvalue weighted by Crippen LogP contribution is -2.59. The molecule has 0 aromatic heterocycles. The number of fused-ring (bicyclic) bond motifs is 1. The highest BCUT2D eigenvalue weighted by Gasteiger charge is 2.76. The number of hydrogen-bond donors (Lipinski definition) is 1. The van der Waals surface area contributed by atoms with E-state index in [1.807, 2.05) is 52.8 Å². The number of nitrogens with zero attached hydrogens (tertiary/aromatic N) is 3. The molecule has 230 valence electrons. The Morgan fingerprint density at radius 2 is 1.90 bits per heavy atom. The number of anilines is 1. The number of halogens is 1. The number of carbonyl (C=O) groups excluding carboxylic acids is 3. The number of carbonyl (C=O) groups is 3. The van der Waals surface area contributed by atoms with Crippen LogP contribution in [0, 0.1) is 31.6 Å². The van der Waals surface area contributed by atoms with Crippen LogP contribution in [0.25, 0.3) is 0 Å². The van der Waals surface area contributed by atoms with Crippen molar-refractivity contribution in [3.05, 3.63) is 54.6 Å². The van der Waals surface area contributed by atoms with E-state index in [0.717, 1.165) is 29.7 Å². The maximum atomic E-state index is 15.0. The summed E-state index contributed by atoms with van der Waals surface area (Å²) in [5.41, 5.74) is 2.77. The van der Waals surface area contributed by atoms with Crippen LogP contribution in [0.15, 0.2) is 43.5 Å². The van der Waals surface area contributed by atoms with E-state index in [0.29, 0.717) is 19.5 Å². The van der Waals surface area contributed by atoms with Crippen LogP contribution in [0.1, 0.15) is 51.2 Å². The normalized spacial score (nSPS) is 29.3. The van der Waals surface area contributed by atoms with Gasteiger partial charge in [-0.15, -0.1) is 24.9 Å². The molecule has 1 aromatic carbocycles. The zero-order chi connectivity index (χ0) is 30.9. The number of likely N-dealkylation sites (tertiary alicyclic amines) is 1. The van der Waals surface area contributed by atoms with Crippen molar-refractivity contribution < 1.29 is 19.5 Å². The van der Waals surface area contributed by atoms with Gasteiger partial charge in [-0.05, 0) is 49.8 Å². The standard InChI is InChI=1S/C33H46BrN3O4S/c1-8-14-35(15-9-2)30(39)26-27-31(40)37(25(19-38)21(6)11-4)29(33(27)18-23(34)28(26)42-33)32(41)36(16-10-3)24-17-20(5)12-13-22(24)7/h8,10,12-13,17,21,23,25-29,38H,1,3,9,11,14-16,18-19H2,2,4-7H3/t21-,23?,25-,26-,27-,28-,29?,33?/m0/s1. The number of thioether (sulfide) groups is 1. The Bertz CT molecular complexity index is 1230. The average Bonchev–Trinajstić information content (AvgIpc) is 3.56. The van der Waals surface area contributed by atoms with Crippen LogP contribution in [-0.4, -0.2) is 85.8 Å². The fourth-order valence-electron chi connectivity index (χ4n) is 7.32. The molecule has 3 amide bonds. The Morgan fingerprint density at radius 1 is 1.21 bits per heavy atom. The molecule has 3 heterocycles. The van der Waals surface area contributed by atoms with E-state index in [4.69, 9.17) is 0 Å². The molecule has 0 aliphatic carbocycles. The van der Waals surface area contributed by atoms with Crippen molar-refractivity contribution in [2.24, 2.45) is 17.8 Å². The number of aryl methyl sites for hydroxylation is 2. The van der Waals surface area contributed by atoms with Crippen molar-refractivity contribution in [3.8, 4) is 0 Å². The van der Waals surface area contributed by atoms with Gasteiger partial charge in [0.2, 0.25) is 11.8 Å². The number of aliphatic hydroxyl groups excluding tert-OH is 1. The minimum Gasteiger partial charge on any atom is -0.394 e. The highest BCUT2D eigenvalue weighted by molar-refractivity contribution is 9.09. The molecule has 1 aromatic rings. The summed E-state index contributed by atoms with van der Waals surface area (Å²) in [6.07, 6.45) is 5.57. The van der Waals surface area contributed by atoms with Crippen molar-refractivity contribution in [2.45, 2.75) is 80.8 Å². The minimum atomic E-state index is -0.826. The number of aliphatic hydroxyl groups is 1. The Kier molecular flexibility index (Phi) is 10.4. The van der Waals surface area contributed by atoms with Crippen molar-refractivity contribution in [1.29, 1.82) is 0 Å². The zero-order valence-electron chi connectivity index (χ0n) is 25.6.